The van der Waals surface area contributed by atoms with E-state index in [-0.39, 0.29) is 0 Å². The topological polar surface area (TPSA) is 12.0 Å². The van der Waals surface area contributed by atoms with E-state index in [4.69, 9.17) is 0 Å². The fourth-order valence-electron chi connectivity index (χ4n) is 1.34. The van der Waals surface area contributed by atoms with Gasteiger partial charge in [-0.15, -0.1) is 13.2 Å². The van der Waals surface area contributed by atoms with Crippen molar-refractivity contribution in [3.8, 4) is 0 Å². The van der Waals surface area contributed by atoms with Gasteiger partial charge in [-0.25, -0.2) is 0 Å². The normalized spacial score (nSPS) is 12.7. The first kappa shape index (κ1) is 11.9. The molecule has 1 N–H and O–H groups in total. The van der Waals surface area contributed by atoms with Gasteiger partial charge >= 0.3 is 0 Å². The van der Waals surface area contributed by atoms with Gasteiger partial charge in [-0.05, 0) is 6.04 Å². The second-order valence-corrected chi connectivity index (χ2v) is 13.5. The molecule has 0 aromatic rings. The van der Waals surface area contributed by atoms with Crippen molar-refractivity contribution in [2.45, 2.75) is 32.2 Å². The Morgan fingerprint density at radius 1 is 1.17 bits per heavy atom. The Morgan fingerprint density at radius 3 is 2.00 bits per heavy atom. The van der Waals surface area contributed by atoms with Crippen LogP contribution in [0.1, 0.15) is 0 Å². The van der Waals surface area contributed by atoms with E-state index in [1.165, 1.54) is 0 Å². The quantitative estimate of drug-likeness (QED) is 0.530. The van der Waals surface area contributed by atoms with Crippen molar-refractivity contribution in [1.82, 2.24) is 4.65 Å². The standard InChI is InChI=1S/C9H21NSi2/c1-7-9-12(5,6)10-11(3,4)8-2/h7-8,10H,1-2,9H2,3-6H3. The third-order valence-corrected chi connectivity index (χ3v) is 9.44. The highest BCUT2D eigenvalue weighted by Crippen LogP contribution is 2.10. The molecule has 0 aliphatic carbocycles. The maximum atomic E-state index is 3.87. The second kappa shape index (κ2) is 4.21. The first-order valence-electron chi connectivity index (χ1n) is 4.37. The molecule has 3 heteroatoms. The molecule has 0 aliphatic rings. The lowest BCUT2D eigenvalue weighted by atomic mass is 10.8. The van der Waals surface area contributed by atoms with Crippen molar-refractivity contribution in [1.29, 1.82) is 0 Å². The molecule has 70 valence electrons. The number of rotatable bonds is 5. The Morgan fingerprint density at radius 2 is 1.67 bits per heavy atom. The smallest absolute Gasteiger partial charge is 0.137 e. The van der Waals surface area contributed by atoms with Gasteiger partial charge in [0.25, 0.3) is 0 Å². The Labute approximate surface area is 78.8 Å². The molecule has 0 spiro atoms. The molecule has 0 bridgehead atoms. The molecule has 0 saturated heterocycles. The van der Waals surface area contributed by atoms with E-state index in [2.05, 4.69) is 49.7 Å². The highest BCUT2D eigenvalue weighted by molar-refractivity contribution is 6.93. The number of hydrogen-bond acceptors (Lipinski definition) is 1. The van der Waals surface area contributed by atoms with E-state index in [0.29, 0.717) is 0 Å². The van der Waals surface area contributed by atoms with Gasteiger partial charge in [0.2, 0.25) is 0 Å². The summed E-state index contributed by atoms with van der Waals surface area (Å²) in [5, 5.41) is 0. The van der Waals surface area contributed by atoms with Crippen molar-refractivity contribution in [3.63, 3.8) is 0 Å². The van der Waals surface area contributed by atoms with Crippen molar-refractivity contribution < 1.29 is 0 Å². The molecular weight excluding hydrogens is 178 g/mol. The predicted octanol–water partition coefficient (Wildman–Crippen LogP) is 2.90. The molecule has 1 nitrogen and oxygen atoms in total. The van der Waals surface area contributed by atoms with Gasteiger partial charge in [-0.1, -0.05) is 38.0 Å². The van der Waals surface area contributed by atoms with Crippen molar-refractivity contribution in [2.75, 3.05) is 0 Å². The van der Waals surface area contributed by atoms with E-state index < -0.39 is 16.5 Å². The van der Waals surface area contributed by atoms with Crippen LogP contribution in [0, 0.1) is 0 Å². The number of hydrogen-bond donors (Lipinski definition) is 1. The summed E-state index contributed by atoms with van der Waals surface area (Å²) in [5.41, 5.74) is 2.10. The molecular formula is C9H21NSi2. The van der Waals surface area contributed by atoms with Crippen LogP contribution >= 0.6 is 0 Å². The molecule has 0 aliphatic heterocycles. The van der Waals surface area contributed by atoms with Crippen LogP contribution in [0.25, 0.3) is 0 Å². The fraction of sp³-hybridized carbons (Fsp3) is 0.556. The Bertz CT molecular complexity index is 173. The molecule has 0 radical (unpaired) electrons. The minimum Gasteiger partial charge on any atom is -0.356 e. The summed E-state index contributed by atoms with van der Waals surface area (Å²) < 4.78 is 3.77. The number of nitrogens with one attached hydrogen (secondary N) is 1. The third kappa shape index (κ3) is 4.69. The average Bonchev–Trinajstić information content (AvgIpc) is 1.85. The SMILES string of the molecule is C=CC[Si](C)(C)N[Si](C)(C)C=C. The largest absolute Gasteiger partial charge is 0.356 e. The molecule has 0 saturated carbocycles. The summed E-state index contributed by atoms with van der Waals surface area (Å²) >= 11 is 0. The van der Waals surface area contributed by atoms with Crippen LogP contribution in [-0.4, -0.2) is 16.5 Å². The first-order chi connectivity index (χ1) is 5.33. The van der Waals surface area contributed by atoms with Gasteiger partial charge in [0.05, 0.1) is 0 Å². The number of allylic oxidation sites excluding steroid dienone is 1. The summed E-state index contributed by atoms with van der Waals surface area (Å²) in [6, 6.07) is 1.14. The second-order valence-electron chi connectivity index (χ2n) is 4.43. The summed E-state index contributed by atoms with van der Waals surface area (Å²) in [5.74, 6) is 0. The van der Waals surface area contributed by atoms with Crippen LogP contribution in [0.15, 0.2) is 24.9 Å². The van der Waals surface area contributed by atoms with E-state index in [9.17, 15) is 0 Å². The molecule has 0 rings (SSSR count). The zero-order valence-corrected chi connectivity index (χ0v) is 10.8. The molecule has 0 aromatic carbocycles. The van der Waals surface area contributed by atoms with Crippen LogP contribution in [0.5, 0.6) is 0 Å². The molecule has 0 fully saturated rings. The van der Waals surface area contributed by atoms with Crippen LogP contribution in [0.4, 0.5) is 0 Å². The van der Waals surface area contributed by atoms with Gasteiger partial charge in [0.15, 0.2) is 0 Å². The first-order valence-corrected chi connectivity index (χ1v) is 10.7. The Kier molecular flexibility index (Phi) is 4.16. The lowest BCUT2D eigenvalue weighted by Crippen LogP contribution is -2.57. The summed E-state index contributed by atoms with van der Waals surface area (Å²) in [6.45, 7) is 16.9. The van der Waals surface area contributed by atoms with Crippen molar-refractivity contribution in [2.24, 2.45) is 0 Å². The Hall–Kier alpha value is -0.126. The molecule has 0 unspecified atom stereocenters. The molecule has 0 atom stereocenters. The summed E-state index contributed by atoms with van der Waals surface area (Å²) in [7, 11) is -2.56. The summed E-state index contributed by atoms with van der Waals surface area (Å²) in [6.07, 6.45) is 2.02. The predicted molar refractivity (Wildman–Crippen MR) is 63.3 cm³/mol. The maximum Gasteiger partial charge on any atom is 0.137 e. The zero-order valence-electron chi connectivity index (χ0n) is 8.78. The van der Waals surface area contributed by atoms with Gasteiger partial charge in [0.1, 0.15) is 16.5 Å². The van der Waals surface area contributed by atoms with Crippen molar-refractivity contribution in [3.05, 3.63) is 24.9 Å². The van der Waals surface area contributed by atoms with E-state index >= 15 is 0 Å². The lowest BCUT2D eigenvalue weighted by Gasteiger charge is -2.31. The van der Waals surface area contributed by atoms with Gasteiger partial charge in [-0.3, -0.25) is 0 Å². The van der Waals surface area contributed by atoms with E-state index in [1.54, 1.807) is 0 Å². The average molecular weight is 199 g/mol. The molecule has 0 aromatic heterocycles. The van der Waals surface area contributed by atoms with Crippen LogP contribution < -0.4 is 4.65 Å². The molecule has 0 amide bonds. The van der Waals surface area contributed by atoms with Gasteiger partial charge in [-0.2, -0.15) is 0 Å². The van der Waals surface area contributed by atoms with Crippen molar-refractivity contribution >= 4 is 16.5 Å². The van der Waals surface area contributed by atoms with Crippen LogP contribution in [0.3, 0.4) is 0 Å². The monoisotopic (exact) mass is 199 g/mol. The van der Waals surface area contributed by atoms with Gasteiger partial charge in [0, 0.05) is 0 Å². The third-order valence-electron chi connectivity index (χ3n) is 1.83. The van der Waals surface area contributed by atoms with Crippen LogP contribution in [-0.2, 0) is 0 Å². The maximum absolute atomic E-state index is 3.87. The minimum atomic E-state index is -1.32. The Balaban J connectivity index is 4.21. The van der Waals surface area contributed by atoms with E-state index in [1.807, 2.05) is 6.08 Å². The van der Waals surface area contributed by atoms with E-state index in [0.717, 1.165) is 6.04 Å². The summed E-state index contributed by atoms with van der Waals surface area (Å²) in [4.78, 5) is 0. The highest BCUT2D eigenvalue weighted by atomic mass is 28.4. The molecule has 0 heterocycles. The zero-order chi connectivity index (χ0) is 9.83. The lowest BCUT2D eigenvalue weighted by molar-refractivity contribution is 1.28. The van der Waals surface area contributed by atoms with Gasteiger partial charge < -0.3 is 4.65 Å². The highest BCUT2D eigenvalue weighted by Gasteiger charge is 2.27. The van der Waals surface area contributed by atoms with Crippen LogP contribution in [0.2, 0.25) is 32.2 Å². The molecule has 12 heavy (non-hydrogen) atoms. The minimum absolute atomic E-state index is 1.14. The fourth-order valence-corrected chi connectivity index (χ4v) is 9.85.